The van der Waals surface area contributed by atoms with Crippen LogP contribution in [0.25, 0.3) is 0 Å². The first-order valence-electron chi connectivity index (χ1n) is 8.31. The van der Waals surface area contributed by atoms with E-state index in [2.05, 4.69) is 26.2 Å². The van der Waals surface area contributed by atoms with Crippen molar-refractivity contribution in [2.24, 2.45) is 5.92 Å². The van der Waals surface area contributed by atoms with Gasteiger partial charge in [-0.05, 0) is 53.0 Å². The SMILES string of the molecule is CS(=O)(=O)c1cccnc1N1CCC(C(=O)Nc2ccccc2Br)CC1. The summed E-state index contributed by atoms with van der Waals surface area (Å²) in [7, 11) is -3.35. The second kappa shape index (κ2) is 7.75. The number of rotatable bonds is 4. The molecule has 26 heavy (non-hydrogen) atoms. The van der Waals surface area contributed by atoms with E-state index in [9.17, 15) is 13.2 Å². The molecule has 2 aromatic rings. The van der Waals surface area contributed by atoms with Crippen LogP contribution < -0.4 is 10.2 Å². The summed E-state index contributed by atoms with van der Waals surface area (Å²) < 4.78 is 24.8. The Kier molecular flexibility index (Phi) is 5.62. The number of carbonyl (C=O) groups is 1. The highest BCUT2D eigenvalue weighted by Gasteiger charge is 2.28. The number of halogens is 1. The van der Waals surface area contributed by atoms with Crippen LogP contribution in [0.2, 0.25) is 0 Å². The van der Waals surface area contributed by atoms with E-state index in [0.717, 1.165) is 10.2 Å². The highest BCUT2D eigenvalue weighted by molar-refractivity contribution is 9.10. The Morgan fingerprint density at radius 1 is 1.19 bits per heavy atom. The van der Waals surface area contributed by atoms with Crippen molar-refractivity contribution in [3.05, 3.63) is 47.1 Å². The summed E-state index contributed by atoms with van der Waals surface area (Å²) in [5.74, 6) is 0.351. The number of pyridine rings is 1. The van der Waals surface area contributed by atoms with Crippen LogP contribution in [-0.2, 0) is 14.6 Å². The van der Waals surface area contributed by atoms with Crippen molar-refractivity contribution in [3.63, 3.8) is 0 Å². The maximum absolute atomic E-state index is 12.5. The number of piperidine rings is 1. The molecule has 1 aromatic carbocycles. The molecule has 1 aliphatic rings. The van der Waals surface area contributed by atoms with Gasteiger partial charge >= 0.3 is 0 Å². The third-order valence-electron chi connectivity index (χ3n) is 4.45. The minimum atomic E-state index is -3.35. The molecule has 1 fully saturated rings. The van der Waals surface area contributed by atoms with Crippen LogP contribution in [0.1, 0.15) is 12.8 Å². The summed E-state index contributed by atoms with van der Waals surface area (Å²) in [6.45, 7) is 1.18. The molecule has 1 saturated heterocycles. The van der Waals surface area contributed by atoms with E-state index in [4.69, 9.17) is 0 Å². The van der Waals surface area contributed by atoms with Gasteiger partial charge in [-0.15, -0.1) is 0 Å². The van der Waals surface area contributed by atoms with E-state index in [-0.39, 0.29) is 16.7 Å². The lowest BCUT2D eigenvalue weighted by atomic mass is 9.95. The predicted molar refractivity (Wildman–Crippen MR) is 105 cm³/mol. The number of aromatic nitrogens is 1. The molecule has 2 heterocycles. The average molecular weight is 438 g/mol. The van der Waals surface area contributed by atoms with E-state index in [1.54, 1.807) is 18.3 Å². The summed E-state index contributed by atoms with van der Waals surface area (Å²) in [4.78, 5) is 19.0. The number of sulfone groups is 1. The van der Waals surface area contributed by atoms with Crippen LogP contribution in [0.4, 0.5) is 11.5 Å². The van der Waals surface area contributed by atoms with Crippen molar-refractivity contribution >= 4 is 43.2 Å². The first-order valence-corrected chi connectivity index (χ1v) is 11.0. The number of para-hydroxylation sites is 1. The Balaban J connectivity index is 1.67. The quantitative estimate of drug-likeness (QED) is 0.794. The number of amides is 1. The second-order valence-corrected chi connectivity index (χ2v) is 9.17. The molecule has 6 nitrogen and oxygen atoms in total. The van der Waals surface area contributed by atoms with Gasteiger partial charge in [0.15, 0.2) is 9.84 Å². The molecule has 1 aliphatic heterocycles. The zero-order valence-corrected chi connectivity index (χ0v) is 16.8. The monoisotopic (exact) mass is 437 g/mol. The second-order valence-electron chi connectivity index (χ2n) is 6.33. The van der Waals surface area contributed by atoms with Crippen molar-refractivity contribution in [3.8, 4) is 0 Å². The molecular formula is C18H20BrN3O3S. The Labute approximate surface area is 161 Å². The molecule has 0 atom stereocenters. The summed E-state index contributed by atoms with van der Waals surface area (Å²) in [6, 6.07) is 10.7. The third-order valence-corrected chi connectivity index (χ3v) is 6.26. The smallest absolute Gasteiger partial charge is 0.227 e. The summed E-state index contributed by atoms with van der Waals surface area (Å²) in [5.41, 5.74) is 0.754. The molecule has 1 aromatic heterocycles. The summed E-state index contributed by atoms with van der Waals surface area (Å²) in [5, 5.41) is 2.95. The fourth-order valence-corrected chi connectivity index (χ4v) is 4.28. The van der Waals surface area contributed by atoms with E-state index in [1.165, 1.54) is 6.26 Å². The highest BCUT2D eigenvalue weighted by atomic mass is 79.9. The number of hydrogen-bond donors (Lipinski definition) is 1. The Bertz CT molecular complexity index is 909. The molecule has 0 radical (unpaired) electrons. The van der Waals surface area contributed by atoms with Gasteiger partial charge in [0.1, 0.15) is 10.7 Å². The van der Waals surface area contributed by atoms with Gasteiger partial charge in [0.2, 0.25) is 5.91 Å². The van der Waals surface area contributed by atoms with Gasteiger partial charge < -0.3 is 10.2 Å². The lowest BCUT2D eigenvalue weighted by Crippen LogP contribution is -2.39. The van der Waals surface area contributed by atoms with Gasteiger partial charge in [-0.2, -0.15) is 0 Å². The van der Waals surface area contributed by atoms with Crippen molar-refractivity contribution in [2.45, 2.75) is 17.7 Å². The maximum Gasteiger partial charge on any atom is 0.227 e. The topological polar surface area (TPSA) is 79.4 Å². The first-order chi connectivity index (χ1) is 12.4. The number of carbonyl (C=O) groups excluding carboxylic acids is 1. The normalized spacial score (nSPS) is 15.7. The lowest BCUT2D eigenvalue weighted by Gasteiger charge is -2.33. The van der Waals surface area contributed by atoms with Gasteiger partial charge in [0.25, 0.3) is 0 Å². The zero-order valence-electron chi connectivity index (χ0n) is 14.4. The fourth-order valence-electron chi connectivity index (χ4n) is 3.06. The molecule has 0 unspecified atom stereocenters. The molecule has 0 aliphatic carbocycles. The molecule has 1 N–H and O–H groups in total. The molecular weight excluding hydrogens is 418 g/mol. The van der Waals surface area contributed by atoms with E-state index in [0.29, 0.717) is 31.7 Å². The molecule has 138 valence electrons. The third kappa shape index (κ3) is 4.24. The molecule has 1 amide bonds. The Morgan fingerprint density at radius 3 is 2.54 bits per heavy atom. The number of nitrogens with zero attached hydrogens (tertiary/aromatic N) is 2. The van der Waals surface area contributed by atoms with Gasteiger partial charge in [-0.25, -0.2) is 13.4 Å². The number of anilines is 2. The van der Waals surface area contributed by atoms with Crippen LogP contribution in [-0.4, -0.2) is 38.7 Å². The number of benzene rings is 1. The standard InChI is InChI=1S/C18H20BrN3O3S/c1-26(24,25)16-7-4-10-20-17(16)22-11-8-13(9-12-22)18(23)21-15-6-3-2-5-14(15)19/h2-7,10,13H,8-9,11-12H2,1H3,(H,21,23). The molecule has 0 bridgehead atoms. The first kappa shape index (κ1) is 18.8. The molecule has 0 spiro atoms. The van der Waals surface area contributed by atoms with Crippen LogP contribution in [0.3, 0.4) is 0 Å². The van der Waals surface area contributed by atoms with Gasteiger partial charge in [0, 0.05) is 35.9 Å². The van der Waals surface area contributed by atoms with Crippen LogP contribution in [0, 0.1) is 5.92 Å². The number of nitrogens with one attached hydrogen (secondary N) is 1. The van der Waals surface area contributed by atoms with Crippen molar-refractivity contribution < 1.29 is 13.2 Å². The lowest BCUT2D eigenvalue weighted by molar-refractivity contribution is -0.120. The van der Waals surface area contributed by atoms with Crippen LogP contribution >= 0.6 is 15.9 Å². The summed E-state index contributed by atoms with van der Waals surface area (Å²) in [6.07, 6.45) is 4.08. The highest BCUT2D eigenvalue weighted by Crippen LogP contribution is 2.28. The van der Waals surface area contributed by atoms with Crippen molar-refractivity contribution in [1.82, 2.24) is 4.98 Å². The fraction of sp³-hybridized carbons (Fsp3) is 0.333. The Morgan fingerprint density at radius 2 is 1.88 bits per heavy atom. The van der Waals surface area contributed by atoms with Gasteiger partial charge in [-0.3, -0.25) is 4.79 Å². The largest absolute Gasteiger partial charge is 0.355 e. The van der Waals surface area contributed by atoms with Gasteiger partial charge in [0.05, 0.1) is 5.69 Å². The van der Waals surface area contributed by atoms with Crippen LogP contribution in [0.5, 0.6) is 0 Å². The average Bonchev–Trinajstić information content (AvgIpc) is 2.63. The Hall–Kier alpha value is -1.93. The predicted octanol–water partition coefficient (Wildman–Crippen LogP) is 3.10. The molecule has 3 rings (SSSR count). The van der Waals surface area contributed by atoms with Gasteiger partial charge in [-0.1, -0.05) is 12.1 Å². The van der Waals surface area contributed by atoms with E-state index >= 15 is 0 Å². The van der Waals surface area contributed by atoms with E-state index < -0.39 is 9.84 Å². The maximum atomic E-state index is 12.5. The zero-order chi connectivity index (χ0) is 18.7. The minimum absolute atomic E-state index is 0.0130. The van der Waals surface area contributed by atoms with Crippen molar-refractivity contribution in [1.29, 1.82) is 0 Å². The van der Waals surface area contributed by atoms with Crippen LogP contribution in [0.15, 0.2) is 52.0 Å². The minimum Gasteiger partial charge on any atom is -0.355 e. The molecule has 8 heteroatoms. The number of hydrogen-bond acceptors (Lipinski definition) is 5. The molecule has 0 saturated carbocycles. The summed E-state index contributed by atoms with van der Waals surface area (Å²) >= 11 is 3.43. The van der Waals surface area contributed by atoms with E-state index in [1.807, 2.05) is 29.2 Å². The van der Waals surface area contributed by atoms with Crippen molar-refractivity contribution in [2.75, 3.05) is 29.6 Å².